The van der Waals surface area contributed by atoms with Gasteiger partial charge in [-0.05, 0) is 43.2 Å². The highest BCUT2D eigenvalue weighted by molar-refractivity contribution is 6.10. The average molecular weight is 301 g/mol. The van der Waals surface area contributed by atoms with E-state index in [-0.39, 0.29) is 0 Å². The summed E-state index contributed by atoms with van der Waals surface area (Å²) in [6.07, 6.45) is 0.959. The Morgan fingerprint density at radius 1 is 0.870 bits per heavy atom. The quantitative estimate of drug-likeness (QED) is 0.494. The van der Waals surface area contributed by atoms with Crippen LogP contribution >= 0.6 is 0 Å². The van der Waals surface area contributed by atoms with Gasteiger partial charge in [-0.1, -0.05) is 48.9 Å². The normalized spacial score (nSPS) is 11.2. The van der Waals surface area contributed by atoms with Crippen molar-refractivity contribution in [2.75, 3.05) is 0 Å². The van der Waals surface area contributed by atoms with Gasteiger partial charge in [-0.3, -0.25) is 0 Å². The maximum absolute atomic E-state index is 6.32. The van der Waals surface area contributed by atoms with Crippen LogP contribution in [0.3, 0.4) is 0 Å². The van der Waals surface area contributed by atoms with E-state index >= 15 is 0 Å². The molecule has 0 unspecified atom stereocenters. The van der Waals surface area contributed by atoms with E-state index in [0.717, 1.165) is 34.3 Å². The summed E-state index contributed by atoms with van der Waals surface area (Å²) in [7, 11) is 0. The number of para-hydroxylation sites is 1. The zero-order valence-corrected chi connectivity index (χ0v) is 13.4. The largest absolute Gasteiger partial charge is 0.456 e. The number of rotatable bonds is 3. The van der Waals surface area contributed by atoms with Crippen molar-refractivity contribution in [3.8, 4) is 11.5 Å². The second kappa shape index (κ2) is 5.47. The Balaban J connectivity index is 1.89. The van der Waals surface area contributed by atoms with Gasteiger partial charge in [0.15, 0.2) is 0 Å². The van der Waals surface area contributed by atoms with Crippen molar-refractivity contribution in [2.45, 2.75) is 20.3 Å². The van der Waals surface area contributed by atoms with Crippen LogP contribution in [0.15, 0.2) is 60.7 Å². The summed E-state index contributed by atoms with van der Waals surface area (Å²) in [4.78, 5) is 3.46. The Bertz CT molecular complexity index is 997. The lowest BCUT2D eigenvalue weighted by Crippen LogP contribution is -1.92. The lowest BCUT2D eigenvalue weighted by Gasteiger charge is -2.12. The number of ether oxygens (including phenoxy) is 1. The molecule has 0 aliphatic heterocycles. The van der Waals surface area contributed by atoms with E-state index in [1.54, 1.807) is 0 Å². The minimum Gasteiger partial charge on any atom is -0.456 e. The first-order valence-corrected chi connectivity index (χ1v) is 8.03. The molecule has 0 saturated heterocycles. The number of nitrogens with one attached hydrogen (secondary N) is 1. The molecule has 1 aromatic heterocycles. The molecule has 4 aromatic rings. The predicted molar refractivity (Wildman–Crippen MR) is 96.4 cm³/mol. The van der Waals surface area contributed by atoms with Crippen LogP contribution in [0.25, 0.3) is 21.8 Å². The summed E-state index contributed by atoms with van der Waals surface area (Å²) in [5.74, 6) is 1.84. The molecule has 1 N–H and O–H groups in total. The number of hydrogen-bond acceptors (Lipinski definition) is 1. The van der Waals surface area contributed by atoms with E-state index < -0.39 is 0 Å². The third kappa shape index (κ3) is 2.36. The topological polar surface area (TPSA) is 25.0 Å². The molecule has 4 rings (SSSR count). The molecule has 0 spiro atoms. The number of fused-ring (bicyclic) bond motifs is 3. The van der Waals surface area contributed by atoms with Crippen molar-refractivity contribution >= 4 is 21.8 Å². The Morgan fingerprint density at radius 3 is 2.57 bits per heavy atom. The monoisotopic (exact) mass is 301 g/mol. The van der Waals surface area contributed by atoms with Gasteiger partial charge in [0.05, 0.1) is 10.9 Å². The first-order valence-electron chi connectivity index (χ1n) is 8.03. The molecule has 2 nitrogen and oxygen atoms in total. The first-order chi connectivity index (χ1) is 11.3. The van der Waals surface area contributed by atoms with Crippen molar-refractivity contribution in [1.82, 2.24) is 4.98 Å². The van der Waals surface area contributed by atoms with E-state index in [1.165, 1.54) is 16.5 Å². The van der Waals surface area contributed by atoms with Crippen LogP contribution < -0.4 is 4.74 Å². The molecule has 0 bridgehead atoms. The Hall–Kier alpha value is -2.74. The van der Waals surface area contributed by atoms with Gasteiger partial charge in [-0.2, -0.15) is 0 Å². The van der Waals surface area contributed by atoms with Crippen LogP contribution in [0.5, 0.6) is 11.5 Å². The fraction of sp³-hybridized carbons (Fsp3) is 0.143. The predicted octanol–water partition coefficient (Wildman–Crippen LogP) is 5.98. The van der Waals surface area contributed by atoms with Crippen LogP contribution in [0, 0.1) is 6.92 Å². The first kappa shape index (κ1) is 13.9. The van der Waals surface area contributed by atoms with Crippen LogP contribution in [0.1, 0.15) is 18.1 Å². The SMILES string of the molecule is CCc1cc(C)ccc1Oc1cccc2[nH]c3ccccc3c12. The number of aromatic amines is 1. The summed E-state index contributed by atoms with van der Waals surface area (Å²) in [6, 6.07) is 20.9. The fourth-order valence-corrected chi connectivity index (χ4v) is 3.16. The smallest absolute Gasteiger partial charge is 0.137 e. The standard InChI is InChI=1S/C21H19NO/c1-3-15-13-14(2)11-12-19(15)23-20-10-6-9-18-21(20)16-7-4-5-8-17(16)22-18/h4-13,22H,3H2,1-2H3. The van der Waals surface area contributed by atoms with E-state index in [9.17, 15) is 0 Å². The summed E-state index contributed by atoms with van der Waals surface area (Å²) in [5, 5.41) is 2.34. The number of aryl methyl sites for hydroxylation is 2. The molecule has 0 atom stereocenters. The van der Waals surface area contributed by atoms with Gasteiger partial charge < -0.3 is 9.72 Å². The summed E-state index contributed by atoms with van der Waals surface area (Å²) >= 11 is 0. The van der Waals surface area contributed by atoms with Gasteiger partial charge >= 0.3 is 0 Å². The summed E-state index contributed by atoms with van der Waals surface area (Å²) < 4.78 is 6.32. The highest BCUT2D eigenvalue weighted by Crippen LogP contribution is 2.36. The van der Waals surface area contributed by atoms with Gasteiger partial charge in [0.1, 0.15) is 11.5 Å². The summed E-state index contributed by atoms with van der Waals surface area (Å²) in [5.41, 5.74) is 4.74. The molecule has 114 valence electrons. The van der Waals surface area contributed by atoms with Crippen molar-refractivity contribution in [3.63, 3.8) is 0 Å². The second-order valence-corrected chi connectivity index (χ2v) is 5.92. The molecule has 0 radical (unpaired) electrons. The minimum absolute atomic E-state index is 0.901. The average Bonchev–Trinajstić information content (AvgIpc) is 2.96. The van der Waals surface area contributed by atoms with Crippen molar-refractivity contribution in [2.24, 2.45) is 0 Å². The van der Waals surface area contributed by atoms with Crippen molar-refractivity contribution in [1.29, 1.82) is 0 Å². The van der Waals surface area contributed by atoms with Gasteiger partial charge in [-0.25, -0.2) is 0 Å². The number of hydrogen-bond donors (Lipinski definition) is 1. The minimum atomic E-state index is 0.901. The zero-order valence-electron chi connectivity index (χ0n) is 13.4. The zero-order chi connectivity index (χ0) is 15.8. The molecule has 1 heterocycles. The highest BCUT2D eigenvalue weighted by atomic mass is 16.5. The van der Waals surface area contributed by atoms with Crippen LogP contribution in [0.4, 0.5) is 0 Å². The van der Waals surface area contributed by atoms with E-state index in [4.69, 9.17) is 4.74 Å². The summed E-state index contributed by atoms with van der Waals surface area (Å²) in [6.45, 7) is 4.28. The number of H-pyrrole nitrogens is 1. The van der Waals surface area contributed by atoms with E-state index in [0.29, 0.717) is 0 Å². The maximum atomic E-state index is 6.32. The molecule has 0 aliphatic rings. The molecule has 3 aromatic carbocycles. The molecular weight excluding hydrogens is 282 g/mol. The molecule has 0 fully saturated rings. The third-order valence-electron chi connectivity index (χ3n) is 4.31. The van der Waals surface area contributed by atoms with E-state index in [1.807, 2.05) is 18.2 Å². The fourth-order valence-electron chi connectivity index (χ4n) is 3.16. The highest BCUT2D eigenvalue weighted by Gasteiger charge is 2.11. The van der Waals surface area contributed by atoms with Crippen LogP contribution in [0.2, 0.25) is 0 Å². The molecule has 0 saturated carbocycles. The number of aromatic nitrogens is 1. The Morgan fingerprint density at radius 2 is 1.70 bits per heavy atom. The lowest BCUT2D eigenvalue weighted by atomic mass is 10.1. The molecule has 0 amide bonds. The Labute approximate surface area is 135 Å². The molecule has 2 heteroatoms. The number of benzene rings is 3. The lowest BCUT2D eigenvalue weighted by molar-refractivity contribution is 0.482. The van der Waals surface area contributed by atoms with E-state index in [2.05, 4.69) is 61.3 Å². The molecular formula is C21H19NO. The van der Waals surface area contributed by atoms with Gasteiger partial charge in [0.2, 0.25) is 0 Å². The van der Waals surface area contributed by atoms with Crippen molar-refractivity contribution < 1.29 is 4.74 Å². The van der Waals surface area contributed by atoms with Crippen molar-refractivity contribution in [3.05, 3.63) is 71.8 Å². The Kier molecular flexibility index (Phi) is 3.30. The molecule has 0 aliphatic carbocycles. The van der Waals surface area contributed by atoms with Crippen LogP contribution in [-0.4, -0.2) is 4.98 Å². The van der Waals surface area contributed by atoms with Gasteiger partial charge in [-0.15, -0.1) is 0 Å². The molecule has 23 heavy (non-hydrogen) atoms. The van der Waals surface area contributed by atoms with Gasteiger partial charge in [0, 0.05) is 10.9 Å². The van der Waals surface area contributed by atoms with Crippen LogP contribution in [-0.2, 0) is 6.42 Å². The third-order valence-corrected chi connectivity index (χ3v) is 4.31. The van der Waals surface area contributed by atoms with Gasteiger partial charge in [0.25, 0.3) is 0 Å². The second-order valence-electron chi connectivity index (χ2n) is 5.92. The maximum Gasteiger partial charge on any atom is 0.137 e.